The molecule has 2 saturated heterocycles. The van der Waals surface area contributed by atoms with Gasteiger partial charge in [0, 0.05) is 24.0 Å². The van der Waals surface area contributed by atoms with Crippen LogP contribution in [0.5, 0.6) is 0 Å². The van der Waals surface area contributed by atoms with E-state index in [4.69, 9.17) is 33.2 Å². The first-order valence-corrected chi connectivity index (χ1v) is 20.6. The number of hydrogen-bond acceptors (Lipinski definition) is 19. The lowest BCUT2D eigenvalue weighted by atomic mass is 9.94. The minimum atomic E-state index is -1.80. The SMILES string of the molecule is CCCCCOCC(C)(CO)COCc1cn(CC2O[C@H](O[C@H]3OC(Cn4cc(COCC(C)(CO)COCCCCC)nn4)[C@@H](O)[C@H](O)C3O)C(O)C(O)[C@@H]2O)nn1. The second kappa shape index (κ2) is 24.4. The van der Waals surface area contributed by atoms with Crippen molar-refractivity contribution in [3.8, 4) is 0 Å². The zero-order valence-electron chi connectivity index (χ0n) is 34.8. The molecule has 340 valence electrons. The smallest absolute Gasteiger partial charge is 0.189 e. The Labute approximate surface area is 345 Å². The molecule has 2 fully saturated rings. The van der Waals surface area contributed by atoms with Crippen molar-refractivity contribution in [3.05, 3.63) is 23.8 Å². The summed E-state index contributed by atoms with van der Waals surface area (Å²) in [6.07, 6.45) is -6.64. The molecule has 0 aromatic carbocycles. The average molecular weight is 849 g/mol. The Balaban J connectivity index is 1.28. The van der Waals surface area contributed by atoms with Crippen molar-refractivity contribution in [2.24, 2.45) is 10.8 Å². The summed E-state index contributed by atoms with van der Waals surface area (Å²) in [5.74, 6) is 0. The van der Waals surface area contributed by atoms with Crippen LogP contribution in [0.15, 0.2) is 12.4 Å². The molecule has 2 aromatic rings. The lowest BCUT2D eigenvalue weighted by molar-refractivity contribution is -0.375. The van der Waals surface area contributed by atoms with Crippen LogP contribution >= 0.6 is 0 Å². The molecule has 2 aliphatic rings. The van der Waals surface area contributed by atoms with Crippen LogP contribution < -0.4 is 0 Å². The van der Waals surface area contributed by atoms with E-state index in [2.05, 4.69) is 34.5 Å². The van der Waals surface area contributed by atoms with E-state index in [1.54, 1.807) is 12.4 Å². The molecule has 21 heteroatoms. The summed E-state index contributed by atoms with van der Waals surface area (Å²) in [6.45, 7) is 9.83. The Morgan fingerprint density at radius 2 is 0.966 bits per heavy atom. The summed E-state index contributed by atoms with van der Waals surface area (Å²) >= 11 is 0. The minimum absolute atomic E-state index is 0.0712. The van der Waals surface area contributed by atoms with Gasteiger partial charge in [-0.1, -0.05) is 63.8 Å². The third kappa shape index (κ3) is 14.9. The van der Waals surface area contributed by atoms with Crippen LogP contribution in [0, 0.1) is 10.8 Å². The largest absolute Gasteiger partial charge is 0.396 e. The van der Waals surface area contributed by atoms with Gasteiger partial charge in [-0.15, -0.1) is 10.2 Å². The summed E-state index contributed by atoms with van der Waals surface area (Å²) in [7, 11) is 0. The molecule has 0 spiro atoms. The zero-order valence-corrected chi connectivity index (χ0v) is 34.8. The average Bonchev–Trinajstić information content (AvgIpc) is 3.88. The van der Waals surface area contributed by atoms with Gasteiger partial charge in [-0.25, -0.2) is 9.36 Å². The van der Waals surface area contributed by atoms with E-state index in [0.717, 1.165) is 38.5 Å². The summed E-state index contributed by atoms with van der Waals surface area (Å²) in [6, 6.07) is 0. The van der Waals surface area contributed by atoms with Gasteiger partial charge in [0.25, 0.3) is 0 Å². The van der Waals surface area contributed by atoms with E-state index in [1.165, 1.54) is 9.36 Å². The van der Waals surface area contributed by atoms with Crippen molar-refractivity contribution < 1.29 is 74.0 Å². The van der Waals surface area contributed by atoms with Crippen molar-refractivity contribution in [3.63, 3.8) is 0 Å². The summed E-state index contributed by atoms with van der Waals surface area (Å²) in [5.41, 5.74) is -0.330. The monoisotopic (exact) mass is 848 g/mol. The highest BCUT2D eigenvalue weighted by Crippen LogP contribution is 2.29. The number of aliphatic hydroxyl groups excluding tert-OH is 8. The van der Waals surface area contributed by atoms with E-state index in [0.29, 0.717) is 37.8 Å². The quantitative estimate of drug-likeness (QED) is 0.0459. The van der Waals surface area contributed by atoms with Crippen molar-refractivity contribution in [1.29, 1.82) is 0 Å². The molecule has 2 aromatic heterocycles. The van der Waals surface area contributed by atoms with E-state index in [1.807, 2.05) is 13.8 Å². The van der Waals surface area contributed by atoms with Crippen LogP contribution in [-0.2, 0) is 59.5 Å². The molecule has 0 bridgehead atoms. The second-order valence-electron chi connectivity index (χ2n) is 16.5. The van der Waals surface area contributed by atoms with Crippen molar-refractivity contribution in [1.82, 2.24) is 30.0 Å². The normalized spacial score (nSPS) is 29.7. The number of aromatic nitrogens is 6. The molecular weight excluding hydrogens is 780 g/mol. The van der Waals surface area contributed by atoms with E-state index >= 15 is 0 Å². The Kier molecular flexibility index (Phi) is 20.4. The van der Waals surface area contributed by atoms with Gasteiger partial charge in [0.2, 0.25) is 0 Å². The van der Waals surface area contributed by atoms with Crippen molar-refractivity contribution in [2.75, 3.05) is 52.9 Å². The van der Waals surface area contributed by atoms with Gasteiger partial charge in [0.1, 0.15) is 60.2 Å². The third-order valence-electron chi connectivity index (χ3n) is 10.4. The fraction of sp³-hybridized carbons (Fsp3) is 0.895. The highest BCUT2D eigenvalue weighted by Gasteiger charge is 2.50. The molecule has 0 saturated carbocycles. The number of aliphatic hydroxyl groups is 8. The summed E-state index contributed by atoms with van der Waals surface area (Å²) < 4.78 is 43.2. The lowest BCUT2D eigenvalue weighted by Crippen LogP contribution is -2.63. The maximum atomic E-state index is 10.8. The minimum Gasteiger partial charge on any atom is -0.396 e. The van der Waals surface area contributed by atoms with Gasteiger partial charge in [-0.05, 0) is 12.8 Å². The predicted molar refractivity (Wildman–Crippen MR) is 205 cm³/mol. The number of nitrogens with zero attached hydrogens (tertiary/aromatic N) is 6. The Hall–Kier alpha value is -2.32. The van der Waals surface area contributed by atoms with Gasteiger partial charge in [0.05, 0.1) is 78.3 Å². The Bertz CT molecular complexity index is 1360. The van der Waals surface area contributed by atoms with Crippen LogP contribution in [0.4, 0.5) is 0 Å². The maximum Gasteiger partial charge on any atom is 0.189 e. The van der Waals surface area contributed by atoms with Crippen LogP contribution in [-0.4, -0.2) is 185 Å². The zero-order chi connectivity index (χ0) is 43.0. The molecule has 8 N–H and O–H groups in total. The molecule has 21 nitrogen and oxygen atoms in total. The molecule has 4 rings (SSSR count). The first-order chi connectivity index (χ1) is 28.2. The number of hydrogen-bond donors (Lipinski definition) is 8. The van der Waals surface area contributed by atoms with Crippen LogP contribution in [0.1, 0.15) is 77.6 Å². The van der Waals surface area contributed by atoms with Crippen LogP contribution in [0.25, 0.3) is 0 Å². The first-order valence-electron chi connectivity index (χ1n) is 20.6. The van der Waals surface area contributed by atoms with Gasteiger partial charge in [-0.2, -0.15) is 0 Å². The first kappa shape index (κ1) is 49.3. The summed E-state index contributed by atoms with van der Waals surface area (Å²) in [4.78, 5) is 0. The second-order valence-corrected chi connectivity index (χ2v) is 16.5. The van der Waals surface area contributed by atoms with Gasteiger partial charge in [-0.3, -0.25) is 0 Å². The highest BCUT2D eigenvalue weighted by molar-refractivity contribution is 4.96. The molecule has 0 amide bonds. The number of ether oxygens (including phenoxy) is 7. The Morgan fingerprint density at radius 3 is 1.34 bits per heavy atom. The molecule has 59 heavy (non-hydrogen) atoms. The highest BCUT2D eigenvalue weighted by atomic mass is 16.8. The predicted octanol–water partition coefficient (Wildman–Crippen LogP) is -1.35. The molecule has 2 aliphatic heterocycles. The van der Waals surface area contributed by atoms with Crippen LogP contribution in [0.3, 0.4) is 0 Å². The van der Waals surface area contributed by atoms with E-state index in [-0.39, 0.29) is 52.7 Å². The molecule has 12 atom stereocenters. The maximum absolute atomic E-state index is 10.8. The van der Waals surface area contributed by atoms with Gasteiger partial charge < -0.3 is 74.0 Å². The number of unbranched alkanes of at least 4 members (excludes halogenated alkanes) is 4. The lowest BCUT2D eigenvalue weighted by Gasteiger charge is -2.45. The number of rotatable bonds is 28. The van der Waals surface area contributed by atoms with Gasteiger partial charge >= 0.3 is 0 Å². The fourth-order valence-electron chi connectivity index (χ4n) is 6.46. The molecule has 7 unspecified atom stereocenters. The standard InChI is InChI=1S/C38H68N6O15/c1-5-7-9-11-53-21-37(3,19-45)23-55-17-25-13-43(41-39-25)15-27-29(47)31(49)33(51)35(57-27)59-36-34(52)32(50)30(48)28(58-36)16-44-14-26(40-42-44)18-56-24-38(4,20-46)22-54-12-10-8-6-2/h13-14,27-36,45-52H,5-12,15-24H2,1-4H3/t27?,28?,29-,30-,31+,32?,33?,34?,35-,36-,37?,38?/m1/s1. The fourth-order valence-corrected chi connectivity index (χ4v) is 6.46. The van der Waals surface area contributed by atoms with E-state index in [9.17, 15) is 40.9 Å². The van der Waals surface area contributed by atoms with E-state index < -0.39 is 72.2 Å². The van der Waals surface area contributed by atoms with Gasteiger partial charge in [0.15, 0.2) is 12.6 Å². The van der Waals surface area contributed by atoms with Crippen LogP contribution in [0.2, 0.25) is 0 Å². The molecule has 0 aliphatic carbocycles. The Morgan fingerprint density at radius 1 is 0.576 bits per heavy atom. The topological polar surface area (TPSA) is 288 Å². The van der Waals surface area contributed by atoms with Crippen molar-refractivity contribution >= 4 is 0 Å². The molecule has 4 heterocycles. The van der Waals surface area contributed by atoms with Crippen molar-refractivity contribution in [2.45, 2.75) is 154 Å². The summed E-state index contributed by atoms with van der Waals surface area (Å²) in [5, 5.41) is 101. The third-order valence-corrected chi connectivity index (χ3v) is 10.4. The molecular formula is C38H68N6O15. The molecule has 0 radical (unpaired) electrons.